The molecule has 8 heteroatoms. The van der Waals surface area contributed by atoms with Crippen LogP contribution in [-0.4, -0.2) is 58.7 Å². The Hall–Kier alpha value is -0.700. The van der Waals surface area contributed by atoms with Gasteiger partial charge >= 0.3 is 5.97 Å². The highest BCUT2D eigenvalue weighted by Crippen LogP contribution is 2.30. The molecule has 0 aromatic rings. The molecule has 2 N–H and O–H groups in total. The van der Waals surface area contributed by atoms with Gasteiger partial charge in [0.1, 0.15) is 0 Å². The molecule has 0 unspecified atom stereocenters. The summed E-state index contributed by atoms with van der Waals surface area (Å²) in [6.07, 6.45) is 0.629. The van der Waals surface area contributed by atoms with Gasteiger partial charge in [-0.25, -0.2) is 13.1 Å². The quantitative estimate of drug-likeness (QED) is 0.648. The number of methoxy groups -OCH3 is 1. The van der Waals surface area contributed by atoms with Crippen LogP contribution in [0.3, 0.4) is 0 Å². The lowest BCUT2D eigenvalue weighted by atomic mass is 9.80. The van der Waals surface area contributed by atoms with Crippen LogP contribution in [0.5, 0.6) is 0 Å². The summed E-state index contributed by atoms with van der Waals surface area (Å²) in [5, 5.41) is 9.25. The maximum absolute atomic E-state index is 11.6. The third-order valence-corrected chi connectivity index (χ3v) is 4.38. The van der Waals surface area contributed by atoms with Crippen molar-refractivity contribution in [3.63, 3.8) is 0 Å². The molecule has 7 nitrogen and oxygen atoms in total. The van der Waals surface area contributed by atoms with E-state index in [-0.39, 0.29) is 18.9 Å². The fourth-order valence-corrected chi connectivity index (χ4v) is 2.77. The predicted molar refractivity (Wildman–Crippen MR) is 63.8 cm³/mol. The maximum Gasteiger partial charge on any atom is 0.311 e. The van der Waals surface area contributed by atoms with Gasteiger partial charge in [-0.15, -0.1) is 0 Å². The number of aliphatic carboxylic acids is 1. The first-order chi connectivity index (χ1) is 8.42. The molecule has 0 aromatic carbocycles. The van der Waals surface area contributed by atoms with Gasteiger partial charge < -0.3 is 14.6 Å². The Bertz CT molecular complexity index is 374. The van der Waals surface area contributed by atoms with Gasteiger partial charge in [0.25, 0.3) is 0 Å². The Kier molecular flexibility index (Phi) is 5.51. The average molecular weight is 281 g/mol. The number of nitrogens with one attached hydrogen (secondary N) is 1. The summed E-state index contributed by atoms with van der Waals surface area (Å²) >= 11 is 0. The topological polar surface area (TPSA) is 102 Å². The molecule has 0 amide bonds. The van der Waals surface area contributed by atoms with Crippen LogP contribution in [0, 0.1) is 5.41 Å². The Labute approximate surface area is 107 Å². The first kappa shape index (κ1) is 15.4. The standard InChI is InChI=1S/C10H19NO6S/c1-16-6-7-18(14,15)11-8-10(9(12)13)2-4-17-5-3-10/h11H,2-8H2,1H3,(H,12,13). The monoisotopic (exact) mass is 281 g/mol. The molecule has 1 fully saturated rings. The van der Waals surface area contributed by atoms with Crippen molar-refractivity contribution in [1.82, 2.24) is 4.72 Å². The number of sulfonamides is 1. The van der Waals surface area contributed by atoms with Gasteiger partial charge in [0.05, 0.1) is 17.8 Å². The smallest absolute Gasteiger partial charge is 0.311 e. The molecule has 0 bridgehead atoms. The van der Waals surface area contributed by atoms with Crippen LogP contribution in [0.15, 0.2) is 0 Å². The molecule has 0 radical (unpaired) electrons. The molecule has 1 rings (SSSR count). The van der Waals surface area contributed by atoms with E-state index in [2.05, 4.69) is 9.46 Å². The zero-order valence-electron chi connectivity index (χ0n) is 10.3. The molecule has 1 aliphatic rings. The van der Waals surface area contributed by atoms with E-state index in [4.69, 9.17) is 4.74 Å². The van der Waals surface area contributed by atoms with Gasteiger partial charge in [-0.1, -0.05) is 0 Å². The van der Waals surface area contributed by atoms with Crippen LogP contribution in [0.1, 0.15) is 12.8 Å². The Morgan fingerprint density at radius 2 is 2.06 bits per heavy atom. The van der Waals surface area contributed by atoms with Crippen LogP contribution in [0.2, 0.25) is 0 Å². The van der Waals surface area contributed by atoms with E-state index >= 15 is 0 Å². The largest absolute Gasteiger partial charge is 0.481 e. The number of carbonyl (C=O) groups is 1. The van der Waals surface area contributed by atoms with E-state index in [1.54, 1.807) is 0 Å². The Morgan fingerprint density at radius 1 is 1.44 bits per heavy atom. The molecule has 1 saturated heterocycles. The van der Waals surface area contributed by atoms with Crippen molar-refractivity contribution in [1.29, 1.82) is 0 Å². The second-order valence-corrected chi connectivity index (χ2v) is 6.26. The van der Waals surface area contributed by atoms with Gasteiger partial charge in [-0.3, -0.25) is 4.79 Å². The van der Waals surface area contributed by atoms with E-state index in [1.807, 2.05) is 0 Å². The molecule has 0 atom stereocenters. The van der Waals surface area contributed by atoms with Crippen molar-refractivity contribution in [3.8, 4) is 0 Å². The molecule has 0 aromatic heterocycles. The fraction of sp³-hybridized carbons (Fsp3) is 0.900. The van der Waals surface area contributed by atoms with Crippen LogP contribution < -0.4 is 4.72 Å². The van der Waals surface area contributed by atoms with Crippen molar-refractivity contribution in [2.45, 2.75) is 12.8 Å². The molecule has 18 heavy (non-hydrogen) atoms. The summed E-state index contributed by atoms with van der Waals surface area (Å²) in [5.41, 5.74) is -1.06. The third kappa shape index (κ3) is 4.20. The number of ether oxygens (including phenoxy) is 2. The van der Waals surface area contributed by atoms with E-state index in [0.29, 0.717) is 26.1 Å². The van der Waals surface area contributed by atoms with E-state index in [1.165, 1.54) is 7.11 Å². The molecule has 0 spiro atoms. The minimum atomic E-state index is -3.49. The van der Waals surface area contributed by atoms with Gasteiger partial charge in [-0.2, -0.15) is 0 Å². The summed E-state index contributed by atoms with van der Waals surface area (Å²) in [4.78, 5) is 11.3. The SMILES string of the molecule is COCCS(=O)(=O)NCC1(C(=O)O)CCOCC1. The average Bonchev–Trinajstić information content (AvgIpc) is 2.35. The second-order valence-electron chi connectivity index (χ2n) is 4.33. The first-order valence-corrected chi connectivity index (χ1v) is 7.34. The summed E-state index contributed by atoms with van der Waals surface area (Å²) in [6.45, 7) is 0.661. The molecular weight excluding hydrogens is 262 g/mol. The summed E-state index contributed by atoms with van der Waals surface area (Å²) in [6, 6.07) is 0. The van der Waals surface area contributed by atoms with Gasteiger partial charge in [0.2, 0.25) is 10.0 Å². The van der Waals surface area contributed by atoms with E-state index < -0.39 is 21.4 Å². The molecule has 0 saturated carbocycles. The number of rotatable bonds is 7. The number of hydrogen-bond acceptors (Lipinski definition) is 5. The van der Waals surface area contributed by atoms with Crippen molar-refractivity contribution in [3.05, 3.63) is 0 Å². The van der Waals surface area contributed by atoms with Gasteiger partial charge in [0, 0.05) is 26.9 Å². The lowest BCUT2D eigenvalue weighted by Gasteiger charge is -2.33. The molecule has 0 aliphatic carbocycles. The summed E-state index contributed by atoms with van der Waals surface area (Å²) in [7, 11) is -2.08. The zero-order valence-corrected chi connectivity index (χ0v) is 11.2. The maximum atomic E-state index is 11.6. The van der Waals surface area contributed by atoms with Crippen molar-refractivity contribution < 1.29 is 27.8 Å². The predicted octanol–water partition coefficient (Wildman–Crippen LogP) is -0.566. The van der Waals surface area contributed by atoms with Gasteiger partial charge in [0.15, 0.2) is 0 Å². The lowest BCUT2D eigenvalue weighted by Crippen LogP contribution is -2.47. The Balaban J connectivity index is 2.60. The highest BCUT2D eigenvalue weighted by molar-refractivity contribution is 7.89. The highest BCUT2D eigenvalue weighted by atomic mass is 32.2. The van der Waals surface area contributed by atoms with Crippen molar-refractivity contribution in [2.24, 2.45) is 5.41 Å². The minimum absolute atomic E-state index is 0.0819. The highest BCUT2D eigenvalue weighted by Gasteiger charge is 2.40. The Morgan fingerprint density at radius 3 is 2.56 bits per heavy atom. The first-order valence-electron chi connectivity index (χ1n) is 5.69. The normalized spacial score (nSPS) is 19.6. The van der Waals surface area contributed by atoms with Crippen LogP contribution in [0.4, 0.5) is 0 Å². The molecule has 1 heterocycles. The number of carboxylic acids is 1. The number of hydrogen-bond donors (Lipinski definition) is 2. The van der Waals surface area contributed by atoms with Gasteiger partial charge in [-0.05, 0) is 12.8 Å². The second kappa shape index (κ2) is 6.46. The van der Waals surface area contributed by atoms with E-state index in [9.17, 15) is 18.3 Å². The summed E-state index contributed by atoms with van der Waals surface area (Å²) < 4.78 is 35.3. The molecule has 1 aliphatic heterocycles. The number of carboxylic acid groups (broad SMARTS) is 1. The van der Waals surface area contributed by atoms with Crippen molar-refractivity contribution in [2.75, 3.05) is 39.2 Å². The van der Waals surface area contributed by atoms with Crippen LogP contribution >= 0.6 is 0 Å². The van der Waals surface area contributed by atoms with Crippen molar-refractivity contribution >= 4 is 16.0 Å². The molecule has 106 valence electrons. The summed E-state index contributed by atoms with van der Waals surface area (Å²) in [5.74, 6) is -1.16. The van der Waals surface area contributed by atoms with Crippen LogP contribution in [0.25, 0.3) is 0 Å². The van der Waals surface area contributed by atoms with E-state index in [0.717, 1.165) is 0 Å². The minimum Gasteiger partial charge on any atom is -0.481 e. The van der Waals surface area contributed by atoms with Crippen LogP contribution in [-0.2, 0) is 24.3 Å². The third-order valence-electron chi connectivity index (χ3n) is 3.09. The fourth-order valence-electron chi connectivity index (χ4n) is 1.74. The lowest BCUT2D eigenvalue weighted by molar-refractivity contribution is -0.154. The zero-order chi connectivity index (χ0) is 13.6. The molecular formula is C10H19NO6S.